The van der Waals surface area contributed by atoms with Crippen molar-refractivity contribution in [1.82, 2.24) is 9.88 Å². The minimum absolute atomic E-state index is 0.307. The number of rotatable bonds is 7. The van der Waals surface area contributed by atoms with Crippen LogP contribution in [-0.2, 0) is 19.0 Å². The lowest BCUT2D eigenvalue weighted by molar-refractivity contribution is -0.308. The number of likely N-dealkylation sites (N-methyl/N-ethyl adjacent to an activating group) is 1. The molecule has 3 rings (SSSR count). The highest BCUT2D eigenvalue weighted by molar-refractivity contribution is 8.01. The average Bonchev–Trinajstić information content (AvgIpc) is 2.77. The van der Waals surface area contributed by atoms with Gasteiger partial charge >= 0.3 is 0 Å². The van der Waals surface area contributed by atoms with Crippen LogP contribution in [0.15, 0.2) is 28.4 Å². The summed E-state index contributed by atoms with van der Waals surface area (Å²) in [6.45, 7) is 3.68. The van der Waals surface area contributed by atoms with Gasteiger partial charge in [0.25, 0.3) is 5.56 Å². The maximum atomic E-state index is 12.6. The van der Waals surface area contributed by atoms with E-state index in [0.29, 0.717) is 24.2 Å². The van der Waals surface area contributed by atoms with Gasteiger partial charge in [-0.3, -0.25) is 9.59 Å². The monoisotopic (exact) mass is 497 g/mol. The molecule has 11 heteroatoms. The van der Waals surface area contributed by atoms with Crippen molar-refractivity contribution >= 4 is 23.5 Å². The topological polar surface area (TPSA) is 133 Å². The fraction of sp³-hybridized carbons (Fsp3) is 0.652. The molecule has 2 aliphatic heterocycles. The number of amides is 1. The number of nitrogens with zero attached hydrogens (tertiary/aromatic N) is 1. The Kier molecular flexibility index (Phi) is 9.33. The third-order valence-corrected chi connectivity index (χ3v) is 6.64. The zero-order valence-electron chi connectivity index (χ0n) is 20.1. The van der Waals surface area contributed by atoms with Crippen LogP contribution in [0.1, 0.15) is 38.4 Å². The van der Waals surface area contributed by atoms with Gasteiger partial charge < -0.3 is 39.6 Å². The van der Waals surface area contributed by atoms with E-state index in [4.69, 9.17) is 14.2 Å². The molecule has 1 amide bonds. The van der Waals surface area contributed by atoms with Crippen LogP contribution in [0.3, 0.4) is 0 Å². The van der Waals surface area contributed by atoms with Crippen molar-refractivity contribution in [3.05, 3.63) is 39.5 Å². The molecule has 0 bridgehead atoms. The van der Waals surface area contributed by atoms with E-state index in [2.05, 4.69) is 10.3 Å². The molecule has 34 heavy (non-hydrogen) atoms. The molecule has 2 saturated heterocycles. The maximum absolute atomic E-state index is 12.6. The largest absolute Gasteiger partial charge is 0.388 e. The van der Waals surface area contributed by atoms with Crippen molar-refractivity contribution in [2.24, 2.45) is 0 Å². The standard InChI is InChI=1S/C23H35N3O7S/c1-12-15(33-23-21(29)20(28)19(26(3)4)13(2)32-23)7-8-16(31-12)14-6-9-17(25-22(14)30)24-18(27)10-11-34-5/h6,9-13,15-16,19-21,23,28-29H,7-8H2,1-5H3,(H2,24,25,27,30)/b11-10+. The first kappa shape index (κ1) is 26.9. The van der Waals surface area contributed by atoms with Gasteiger partial charge in [-0.15, -0.1) is 11.8 Å². The molecule has 10 nitrogen and oxygen atoms in total. The molecule has 2 fully saturated rings. The van der Waals surface area contributed by atoms with E-state index in [1.807, 2.05) is 39.1 Å². The molecule has 3 heterocycles. The number of hydrogen-bond acceptors (Lipinski definition) is 9. The summed E-state index contributed by atoms with van der Waals surface area (Å²) in [6.07, 6.45) is -0.337. The van der Waals surface area contributed by atoms with E-state index in [1.165, 1.54) is 17.8 Å². The van der Waals surface area contributed by atoms with Gasteiger partial charge in [0.1, 0.15) is 18.0 Å². The fourth-order valence-corrected chi connectivity index (χ4v) is 4.77. The van der Waals surface area contributed by atoms with Crippen molar-refractivity contribution in [2.45, 2.75) is 75.6 Å². The first-order valence-electron chi connectivity index (χ1n) is 11.3. The fourth-order valence-electron chi connectivity index (χ4n) is 4.51. The van der Waals surface area contributed by atoms with E-state index < -0.39 is 24.6 Å². The molecule has 0 saturated carbocycles. The highest BCUT2D eigenvalue weighted by atomic mass is 32.2. The summed E-state index contributed by atoms with van der Waals surface area (Å²) in [5.41, 5.74) is 0.135. The van der Waals surface area contributed by atoms with Crippen LogP contribution in [0.5, 0.6) is 0 Å². The Hall–Kier alpha value is -1.73. The molecule has 4 N–H and O–H groups in total. The van der Waals surface area contributed by atoms with E-state index in [0.717, 1.165) is 0 Å². The van der Waals surface area contributed by atoms with Crippen LogP contribution < -0.4 is 10.9 Å². The Morgan fingerprint density at radius 2 is 1.94 bits per heavy atom. The average molecular weight is 498 g/mol. The number of carbonyl (C=O) groups is 1. The van der Waals surface area contributed by atoms with Gasteiger partial charge in [0.2, 0.25) is 5.91 Å². The first-order valence-corrected chi connectivity index (χ1v) is 12.6. The summed E-state index contributed by atoms with van der Waals surface area (Å²) in [7, 11) is 3.65. The number of aromatic nitrogens is 1. The van der Waals surface area contributed by atoms with E-state index in [-0.39, 0.29) is 35.8 Å². The van der Waals surface area contributed by atoms with Gasteiger partial charge in [-0.1, -0.05) is 0 Å². The summed E-state index contributed by atoms with van der Waals surface area (Å²) in [5, 5.41) is 25.3. The van der Waals surface area contributed by atoms with Gasteiger partial charge in [-0.05, 0) is 64.6 Å². The van der Waals surface area contributed by atoms with Crippen molar-refractivity contribution < 1.29 is 29.2 Å². The number of aromatic amines is 1. The highest BCUT2D eigenvalue weighted by Crippen LogP contribution is 2.34. The van der Waals surface area contributed by atoms with Gasteiger partial charge in [0, 0.05) is 11.6 Å². The second kappa shape index (κ2) is 11.8. The summed E-state index contributed by atoms with van der Waals surface area (Å²) >= 11 is 1.40. The maximum Gasteiger partial charge on any atom is 0.255 e. The molecule has 8 atom stereocenters. The van der Waals surface area contributed by atoms with Gasteiger partial charge in [-0.2, -0.15) is 0 Å². The lowest BCUT2D eigenvalue weighted by Crippen LogP contribution is -2.62. The minimum Gasteiger partial charge on any atom is -0.388 e. The Bertz CT molecular complexity index is 924. The Labute approximate surface area is 203 Å². The first-order chi connectivity index (χ1) is 16.1. The number of H-pyrrole nitrogens is 1. The molecule has 2 aliphatic rings. The molecular weight excluding hydrogens is 462 g/mol. The number of anilines is 1. The number of carbonyl (C=O) groups excluding carboxylic acids is 1. The van der Waals surface area contributed by atoms with Gasteiger partial charge in [0.05, 0.1) is 30.5 Å². The van der Waals surface area contributed by atoms with Crippen molar-refractivity contribution in [1.29, 1.82) is 0 Å². The van der Waals surface area contributed by atoms with Crippen LogP contribution in [0.25, 0.3) is 0 Å². The molecular formula is C23H35N3O7S. The zero-order chi connectivity index (χ0) is 25.0. The van der Waals surface area contributed by atoms with E-state index in [9.17, 15) is 19.8 Å². The molecule has 0 radical (unpaired) electrons. The molecule has 0 spiro atoms. The van der Waals surface area contributed by atoms with E-state index in [1.54, 1.807) is 17.5 Å². The molecule has 190 valence electrons. The van der Waals surface area contributed by atoms with Crippen LogP contribution >= 0.6 is 11.8 Å². The summed E-state index contributed by atoms with van der Waals surface area (Å²) in [4.78, 5) is 28.9. The van der Waals surface area contributed by atoms with Crippen LogP contribution in [-0.4, -0.2) is 89.2 Å². The SMILES string of the molecule is CS/C=C/C(=O)Nc1ccc(C2CCC(OC3OC(C)C(N(C)C)C(O)C3O)C(C)O2)c(=O)[nH]1. The van der Waals surface area contributed by atoms with Gasteiger partial charge in [0.15, 0.2) is 6.29 Å². The molecule has 0 aromatic carbocycles. The highest BCUT2D eigenvalue weighted by Gasteiger charge is 2.46. The van der Waals surface area contributed by atoms with Crippen molar-refractivity contribution in [3.63, 3.8) is 0 Å². The number of aliphatic hydroxyl groups excluding tert-OH is 2. The lowest BCUT2D eigenvalue weighted by atomic mass is 9.95. The number of aliphatic hydroxyl groups is 2. The Morgan fingerprint density at radius 1 is 1.21 bits per heavy atom. The lowest BCUT2D eigenvalue weighted by Gasteiger charge is -2.46. The molecule has 0 aliphatic carbocycles. The Morgan fingerprint density at radius 3 is 2.56 bits per heavy atom. The third kappa shape index (κ3) is 6.28. The molecule has 1 aromatic heterocycles. The third-order valence-electron chi connectivity index (χ3n) is 6.23. The number of nitrogens with one attached hydrogen (secondary N) is 2. The summed E-state index contributed by atoms with van der Waals surface area (Å²) < 4.78 is 18.0. The summed E-state index contributed by atoms with van der Waals surface area (Å²) in [6, 6.07) is 2.94. The zero-order valence-corrected chi connectivity index (χ0v) is 21.0. The number of pyridine rings is 1. The second-order valence-corrected chi connectivity index (χ2v) is 9.65. The molecule has 8 unspecified atom stereocenters. The van der Waals surface area contributed by atoms with Crippen molar-refractivity contribution in [3.8, 4) is 0 Å². The van der Waals surface area contributed by atoms with E-state index >= 15 is 0 Å². The minimum atomic E-state index is -1.19. The number of hydrogen-bond donors (Lipinski definition) is 4. The Balaban J connectivity index is 1.60. The normalized spacial score (nSPS) is 34.5. The summed E-state index contributed by atoms with van der Waals surface area (Å²) in [5.74, 6) is -0.0227. The van der Waals surface area contributed by atoms with Crippen molar-refractivity contribution in [2.75, 3.05) is 25.7 Å². The van der Waals surface area contributed by atoms with Crippen LogP contribution in [0, 0.1) is 0 Å². The number of thioether (sulfide) groups is 1. The second-order valence-electron chi connectivity index (χ2n) is 8.91. The predicted molar refractivity (Wildman–Crippen MR) is 130 cm³/mol. The predicted octanol–water partition coefficient (Wildman–Crippen LogP) is 1.21. The quantitative estimate of drug-likeness (QED) is 0.410. The molecule has 1 aromatic rings. The smallest absolute Gasteiger partial charge is 0.255 e. The van der Waals surface area contributed by atoms with Gasteiger partial charge in [-0.25, -0.2) is 0 Å². The van der Waals surface area contributed by atoms with Crippen LogP contribution in [0.2, 0.25) is 0 Å². The van der Waals surface area contributed by atoms with Crippen LogP contribution in [0.4, 0.5) is 5.82 Å². The number of ether oxygens (including phenoxy) is 3.